The highest BCUT2D eigenvalue weighted by Crippen LogP contribution is 2.30. The Hall–Kier alpha value is -1.59. The van der Waals surface area contributed by atoms with E-state index < -0.39 is 6.10 Å². The third-order valence-corrected chi connectivity index (χ3v) is 3.16. The molecule has 18 heavy (non-hydrogen) atoms. The second kappa shape index (κ2) is 5.84. The number of hydrogen-bond donors (Lipinski definition) is 1. The summed E-state index contributed by atoms with van der Waals surface area (Å²) in [5.74, 6) is 1.26. The second-order valence-electron chi connectivity index (χ2n) is 3.85. The molecule has 0 bridgehead atoms. The maximum Gasteiger partial charge on any atom is 0.161 e. The van der Waals surface area contributed by atoms with Crippen LogP contribution in [0, 0.1) is 0 Å². The van der Waals surface area contributed by atoms with Crippen LogP contribution in [0.5, 0.6) is 11.5 Å². The van der Waals surface area contributed by atoms with Crippen LogP contribution in [0.2, 0.25) is 0 Å². The molecule has 0 spiro atoms. The number of thiazole rings is 1. The Morgan fingerprint density at radius 3 is 2.83 bits per heavy atom. The average Bonchev–Trinajstić information content (AvgIpc) is 2.89. The number of rotatable bonds is 5. The quantitative estimate of drug-likeness (QED) is 0.903. The Balaban J connectivity index is 2.12. The Kier molecular flexibility index (Phi) is 4.17. The smallest absolute Gasteiger partial charge is 0.161 e. The molecular weight excluding hydrogens is 250 g/mol. The highest BCUT2D eigenvalue weighted by molar-refractivity contribution is 7.07. The minimum absolute atomic E-state index is 0.411. The maximum absolute atomic E-state index is 9.51. The lowest BCUT2D eigenvalue weighted by Crippen LogP contribution is -1.99. The van der Waals surface area contributed by atoms with E-state index in [2.05, 4.69) is 4.98 Å². The monoisotopic (exact) mass is 265 g/mol. The van der Waals surface area contributed by atoms with Gasteiger partial charge in [-0.05, 0) is 24.6 Å². The molecule has 4 nitrogen and oxygen atoms in total. The number of benzene rings is 1. The molecule has 0 fully saturated rings. The maximum atomic E-state index is 9.51. The van der Waals surface area contributed by atoms with Gasteiger partial charge in [-0.15, -0.1) is 11.3 Å². The lowest BCUT2D eigenvalue weighted by molar-refractivity contribution is 0.198. The van der Waals surface area contributed by atoms with Crippen LogP contribution in [0.15, 0.2) is 29.1 Å². The first-order chi connectivity index (χ1) is 8.70. The van der Waals surface area contributed by atoms with Crippen LogP contribution < -0.4 is 9.47 Å². The normalized spacial score (nSPS) is 12.2. The van der Waals surface area contributed by atoms with E-state index >= 15 is 0 Å². The lowest BCUT2D eigenvalue weighted by atomic mass is 10.1. The molecule has 0 saturated carbocycles. The van der Waals surface area contributed by atoms with Crippen LogP contribution in [-0.2, 0) is 6.61 Å². The van der Waals surface area contributed by atoms with E-state index in [4.69, 9.17) is 9.47 Å². The van der Waals surface area contributed by atoms with Gasteiger partial charge in [-0.1, -0.05) is 6.07 Å². The van der Waals surface area contributed by atoms with Crippen molar-refractivity contribution in [2.45, 2.75) is 19.6 Å². The number of hydrogen-bond acceptors (Lipinski definition) is 5. The van der Waals surface area contributed by atoms with Crippen LogP contribution >= 0.6 is 11.3 Å². The molecular formula is C13H15NO3S. The molecule has 5 heteroatoms. The zero-order valence-electron chi connectivity index (χ0n) is 10.3. The standard InChI is InChI=1S/C13H15NO3S/c1-9(15)10-3-4-12(13(5-10)16-2)17-6-11-7-18-8-14-11/h3-5,7-9,15H,6H2,1-2H3/t9-/m0/s1. The lowest BCUT2D eigenvalue weighted by Gasteiger charge is -2.12. The van der Waals surface area contributed by atoms with Crippen molar-refractivity contribution in [2.75, 3.05) is 7.11 Å². The van der Waals surface area contributed by atoms with Crippen LogP contribution in [0.4, 0.5) is 0 Å². The molecule has 1 heterocycles. The van der Waals surface area contributed by atoms with Crippen LogP contribution in [0.1, 0.15) is 24.3 Å². The Labute approximate surface area is 110 Å². The van der Waals surface area contributed by atoms with Gasteiger partial charge in [0.2, 0.25) is 0 Å². The zero-order valence-corrected chi connectivity index (χ0v) is 11.1. The van der Waals surface area contributed by atoms with E-state index in [9.17, 15) is 5.11 Å². The first-order valence-corrected chi connectivity index (χ1v) is 6.51. The van der Waals surface area contributed by atoms with Crippen molar-refractivity contribution >= 4 is 11.3 Å². The molecule has 2 rings (SSSR count). The van der Waals surface area contributed by atoms with E-state index in [1.807, 2.05) is 11.4 Å². The number of methoxy groups -OCH3 is 1. The number of aliphatic hydroxyl groups is 1. The number of aromatic nitrogens is 1. The molecule has 0 aliphatic heterocycles. The molecule has 1 aromatic carbocycles. The Bertz CT molecular complexity index is 497. The van der Waals surface area contributed by atoms with E-state index in [-0.39, 0.29) is 0 Å². The van der Waals surface area contributed by atoms with Gasteiger partial charge < -0.3 is 14.6 Å². The molecule has 1 N–H and O–H groups in total. The average molecular weight is 265 g/mol. The van der Waals surface area contributed by atoms with Crippen molar-refractivity contribution in [2.24, 2.45) is 0 Å². The summed E-state index contributed by atoms with van der Waals surface area (Å²) in [7, 11) is 1.58. The summed E-state index contributed by atoms with van der Waals surface area (Å²) in [5.41, 5.74) is 3.46. The van der Waals surface area contributed by atoms with Crippen molar-refractivity contribution in [3.8, 4) is 11.5 Å². The minimum atomic E-state index is -0.522. The predicted octanol–water partition coefficient (Wildman–Crippen LogP) is 2.78. The van der Waals surface area contributed by atoms with Crippen LogP contribution in [0.25, 0.3) is 0 Å². The van der Waals surface area contributed by atoms with Crippen molar-refractivity contribution in [1.29, 1.82) is 0 Å². The summed E-state index contributed by atoms with van der Waals surface area (Å²) in [5, 5.41) is 11.5. The summed E-state index contributed by atoms with van der Waals surface area (Å²) in [6.45, 7) is 2.12. The Morgan fingerprint density at radius 1 is 1.39 bits per heavy atom. The van der Waals surface area contributed by atoms with Gasteiger partial charge >= 0.3 is 0 Å². The minimum Gasteiger partial charge on any atom is -0.493 e. The van der Waals surface area contributed by atoms with Crippen molar-refractivity contribution < 1.29 is 14.6 Å². The zero-order chi connectivity index (χ0) is 13.0. The number of nitrogens with zero attached hydrogens (tertiary/aromatic N) is 1. The van der Waals surface area contributed by atoms with Crippen LogP contribution in [0.3, 0.4) is 0 Å². The molecule has 1 atom stereocenters. The summed E-state index contributed by atoms with van der Waals surface area (Å²) in [6.07, 6.45) is -0.522. The van der Waals surface area contributed by atoms with Gasteiger partial charge in [-0.3, -0.25) is 0 Å². The van der Waals surface area contributed by atoms with E-state index in [1.165, 1.54) is 11.3 Å². The third kappa shape index (κ3) is 3.00. The largest absolute Gasteiger partial charge is 0.493 e. The topological polar surface area (TPSA) is 51.6 Å². The molecule has 0 radical (unpaired) electrons. The molecule has 0 unspecified atom stereocenters. The predicted molar refractivity (Wildman–Crippen MR) is 70.1 cm³/mol. The van der Waals surface area contributed by atoms with Crippen LogP contribution in [-0.4, -0.2) is 17.2 Å². The summed E-state index contributed by atoms with van der Waals surface area (Å²) >= 11 is 1.54. The summed E-state index contributed by atoms with van der Waals surface area (Å²) in [4.78, 5) is 4.15. The molecule has 0 aliphatic rings. The third-order valence-electron chi connectivity index (χ3n) is 2.53. The fourth-order valence-electron chi connectivity index (χ4n) is 1.52. The van der Waals surface area contributed by atoms with E-state index in [0.29, 0.717) is 18.1 Å². The molecule has 0 aliphatic carbocycles. The first kappa shape index (κ1) is 12.9. The van der Waals surface area contributed by atoms with E-state index in [0.717, 1.165) is 11.3 Å². The van der Waals surface area contributed by atoms with Crippen molar-refractivity contribution in [3.63, 3.8) is 0 Å². The van der Waals surface area contributed by atoms with Gasteiger partial charge in [0.25, 0.3) is 0 Å². The van der Waals surface area contributed by atoms with Crippen molar-refractivity contribution in [1.82, 2.24) is 4.98 Å². The molecule has 0 amide bonds. The highest BCUT2D eigenvalue weighted by Gasteiger charge is 2.09. The van der Waals surface area contributed by atoms with Gasteiger partial charge in [0.1, 0.15) is 6.61 Å². The molecule has 96 valence electrons. The fraction of sp³-hybridized carbons (Fsp3) is 0.308. The second-order valence-corrected chi connectivity index (χ2v) is 4.57. The number of ether oxygens (including phenoxy) is 2. The first-order valence-electron chi connectivity index (χ1n) is 5.56. The summed E-state index contributed by atoms with van der Waals surface area (Å²) < 4.78 is 10.9. The summed E-state index contributed by atoms with van der Waals surface area (Å²) in [6, 6.07) is 5.40. The van der Waals surface area contributed by atoms with Crippen molar-refractivity contribution in [3.05, 3.63) is 40.3 Å². The SMILES string of the molecule is COc1cc([C@H](C)O)ccc1OCc1cscn1. The number of aliphatic hydroxyl groups excluding tert-OH is 1. The highest BCUT2D eigenvalue weighted by atomic mass is 32.1. The molecule has 1 aromatic heterocycles. The Morgan fingerprint density at radius 2 is 2.22 bits per heavy atom. The molecule has 2 aromatic rings. The van der Waals surface area contributed by atoms with Gasteiger partial charge in [0, 0.05) is 5.38 Å². The van der Waals surface area contributed by atoms with E-state index in [1.54, 1.807) is 31.7 Å². The van der Waals surface area contributed by atoms with Gasteiger partial charge in [0.05, 0.1) is 24.4 Å². The van der Waals surface area contributed by atoms with Gasteiger partial charge in [-0.2, -0.15) is 0 Å². The fourth-order valence-corrected chi connectivity index (χ4v) is 2.07. The molecule has 0 saturated heterocycles. The van der Waals surface area contributed by atoms with Gasteiger partial charge in [-0.25, -0.2) is 4.98 Å². The van der Waals surface area contributed by atoms with Gasteiger partial charge in [0.15, 0.2) is 11.5 Å².